The highest BCUT2D eigenvalue weighted by Crippen LogP contribution is 2.25. The quantitative estimate of drug-likeness (QED) is 0.817. The molecule has 1 atom stereocenters. The monoisotopic (exact) mass is 221 g/mol. The summed E-state index contributed by atoms with van der Waals surface area (Å²) < 4.78 is 5.83. The summed E-state index contributed by atoms with van der Waals surface area (Å²) in [6, 6.07) is 7.57. The summed E-state index contributed by atoms with van der Waals surface area (Å²) in [5.41, 5.74) is 6.24. The molecule has 1 unspecified atom stereocenters. The van der Waals surface area contributed by atoms with E-state index < -0.39 is 6.10 Å². The van der Waals surface area contributed by atoms with E-state index in [1.54, 1.807) is 0 Å². The molecule has 3 heteroatoms. The van der Waals surface area contributed by atoms with Crippen LogP contribution >= 0.6 is 0 Å². The normalized spacial score (nSPS) is 18.6. The minimum absolute atomic E-state index is 0.253. The van der Waals surface area contributed by atoms with Gasteiger partial charge in [-0.2, -0.15) is 0 Å². The molecule has 0 saturated heterocycles. The number of aliphatic hydroxyl groups is 1. The third-order valence-electron chi connectivity index (χ3n) is 3.09. The Hall–Kier alpha value is -1.06. The predicted molar refractivity (Wildman–Crippen MR) is 63.3 cm³/mol. The van der Waals surface area contributed by atoms with Crippen molar-refractivity contribution in [3.05, 3.63) is 29.8 Å². The maximum atomic E-state index is 9.54. The first-order chi connectivity index (χ1) is 7.79. The second kappa shape index (κ2) is 5.32. The van der Waals surface area contributed by atoms with Gasteiger partial charge in [-0.05, 0) is 43.4 Å². The molecule has 3 nitrogen and oxygen atoms in total. The van der Waals surface area contributed by atoms with Crippen molar-refractivity contribution in [2.75, 3.05) is 6.54 Å². The zero-order valence-corrected chi connectivity index (χ0v) is 9.43. The summed E-state index contributed by atoms with van der Waals surface area (Å²) in [5.74, 6) is 0.889. The van der Waals surface area contributed by atoms with E-state index >= 15 is 0 Å². The highest BCUT2D eigenvalue weighted by molar-refractivity contribution is 5.28. The SMILES string of the molecule is NCC(O)c1ccc(OC2CCCC2)cc1. The standard InChI is InChI=1S/C13H19NO2/c14-9-13(15)10-5-7-12(8-6-10)16-11-3-1-2-4-11/h5-8,11,13,15H,1-4,9,14H2. The first kappa shape index (κ1) is 11.4. The van der Waals surface area contributed by atoms with E-state index in [-0.39, 0.29) is 6.54 Å². The number of benzene rings is 1. The van der Waals surface area contributed by atoms with Crippen LogP contribution in [-0.4, -0.2) is 17.8 Å². The van der Waals surface area contributed by atoms with E-state index in [9.17, 15) is 5.11 Å². The van der Waals surface area contributed by atoms with Crippen LogP contribution in [0.15, 0.2) is 24.3 Å². The third-order valence-corrected chi connectivity index (χ3v) is 3.09. The lowest BCUT2D eigenvalue weighted by atomic mass is 10.1. The van der Waals surface area contributed by atoms with Gasteiger partial charge < -0.3 is 15.6 Å². The van der Waals surface area contributed by atoms with Gasteiger partial charge in [0.2, 0.25) is 0 Å². The third kappa shape index (κ3) is 2.74. The van der Waals surface area contributed by atoms with Gasteiger partial charge in [-0.15, -0.1) is 0 Å². The van der Waals surface area contributed by atoms with Gasteiger partial charge in [0.25, 0.3) is 0 Å². The Morgan fingerprint density at radius 1 is 1.25 bits per heavy atom. The van der Waals surface area contributed by atoms with Gasteiger partial charge in [0, 0.05) is 6.54 Å². The van der Waals surface area contributed by atoms with E-state index in [1.165, 1.54) is 12.8 Å². The molecule has 1 aliphatic rings. The highest BCUT2D eigenvalue weighted by Gasteiger charge is 2.16. The predicted octanol–water partition coefficient (Wildman–Crippen LogP) is 2.00. The Kier molecular flexibility index (Phi) is 3.80. The molecule has 1 aromatic rings. The summed E-state index contributed by atoms with van der Waals surface area (Å²) >= 11 is 0. The van der Waals surface area contributed by atoms with Crippen LogP contribution < -0.4 is 10.5 Å². The van der Waals surface area contributed by atoms with Crippen LogP contribution in [0.25, 0.3) is 0 Å². The van der Waals surface area contributed by atoms with Crippen LogP contribution in [-0.2, 0) is 0 Å². The number of rotatable bonds is 4. The van der Waals surface area contributed by atoms with Crippen molar-refractivity contribution in [3.8, 4) is 5.75 Å². The molecule has 0 amide bonds. The summed E-state index contributed by atoms with van der Waals surface area (Å²) in [7, 11) is 0. The van der Waals surface area contributed by atoms with Gasteiger partial charge in [-0.25, -0.2) is 0 Å². The van der Waals surface area contributed by atoms with E-state index in [0.29, 0.717) is 6.10 Å². The van der Waals surface area contributed by atoms with E-state index in [0.717, 1.165) is 24.2 Å². The highest BCUT2D eigenvalue weighted by atomic mass is 16.5. The van der Waals surface area contributed by atoms with Crippen LogP contribution in [0.3, 0.4) is 0 Å². The maximum absolute atomic E-state index is 9.54. The Morgan fingerprint density at radius 3 is 2.44 bits per heavy atom. The lowest BCUT2D eigenvalue weighted by Crippen LogP contribution is -2.12. The summed E-state index contributed by atoms with van der Waals surface area (Å²) in [4.78, 5) is 0. The number of hydrogen-bond donors (Lipinski definition) is 2. The van der Waals surface area contributed by atoms with Gasteiger partial charge in [0.15, 0.2) is 0 Å². The van der Waals surface area contributed by atoms with Crippen molar-refractivity contribution < 1.29 is 9.84 Å². The number of hydrogen-bond acceptors (Lipinski definition) is 3. The van der Waals surface area contributed by atoms with Crippen LogP contribution in [0.5, 0.6) is 5.75 Å². The second-order valence-corrected chi connectivity index (χ2v) is 4.34. The van der Waals surface area contributed by atoms with Gasteiger partial charge >= 0.3 is 0 Å². The first-order valence-corrected chi connectivity index (χ1v) is 5.94. The maximum Gasteiger partial charge on any atom is 0.119 e. The van der Waals surface area contributed by atoms with Gasteiger partial charge in [-0.3, -0.25) is 0 Å². The van der Waals surface area contributed by atoms with E-state index in [1.807, 2.05) is 24.3 Å². The molecule has 0 heterocycles. The molecule has 1 aliphatic carbocycles. The van der Waals surface area contributed by atoms with Crippen LogP contribution in [0.4, 0.5) is 0 Å². The molecular formula is C13H19NO2. The average molecular weight is 221 g/mol. The molecule has 1 fully saturated rings. The van der Waals surface area contributed by atoms with Crippen molar-refractivity contribution in [2.45, 2.75) is 37.9 Å². The Bertz CT molecular complexity index is 317. The Morgan fingerprint density at radius 2 is 1.88 bits per heavy atom. The smallest absolute Gasteiger partial charge is 0.119 e. The summed E-state index contributed by atoms with van der Waals surface area (Å²) in [5, 5.41) is 9.54. The first-order valence-electron chi connectivity index (χ1n) is 5.94. The average Bonchev–Trinajstić information content (AvgIpc) is 2.82. The molecule has 88 valence electrons. The van der Waals surface area contributed by atoms with Gasteiger partial charge in [0.1, 0.15) is 5.75 Å². The van der Waals surface area contributed by atoms with E-state index in [4.69, 9.17) is 10.5 Å². The lowest BCUT2D eigenvalue weighted by molar-refractivity contribution is 0.186. The minimum Gasteiger partial charge on any atom is -0.490 e. The molecule has 1 saturated carbocycles. The van der Waals surface area contributed by atoms with Gasteiger partial charge in [-0.1, -0.05) is 12.1 Å². The molecule has 16 heavy (non-hydrogen) atoms. The van der Waals surface area contributed by atoms with Crippen molar-refractivity contribution in [1.29, 1.82) is 0 Å². The summed E-state index contributed by atoms with van der Waals surface area (Å²) in [6.07, 6.45) is 4.68. The minimum atomic E-state index is -0.569. The molecule has 0 bridgehead atoms. The fraction of sp³-hybridized carbons (Fsp3) is 0.538. The Balaban J connectivity index is 1.96. The van der Waals surface area contributed by atoms with Crippen molar-refractivity contribution in [1.82, 2.24) is 0 Å². The molecule has 2 rings (SSSR count). The molecule has 0 aromatic heterocycles. The van der Waals surface area contributed by atoms with Crippen LogP contribution in [0, 0.1) is 0 Å². The molecule has 1 aromatic carbocycles. The van der Waals surface area contributed by atoms with Crippen molar-refractivity contribution >= 4 is 0 Å². The molecule has 3 N–H and O–H groups in total. The van der Waals surface area contributed by atoms with Crippen molar-refractivity contribution in [2.24, 2.45) is 5.73 Å². The number of ether oxygens (including phenoxy) is 1. The Labute approximate surface area is 96.2 Å². The molecule has 0 radical (unpaired) electrons. The molecular weight excluding hydrogens is 202 g/mol. The zero-order valence-electron chi connectivity index (χ0n) is 9.43. The zero-order chi connectivity index (χ0) is 11.4. The molecule has 0 spiro atoms. The topological polar surface area (TPSA) is 55.5 Å². The van der Waals surface area contributed by atoms with Crippen LogP contribution in [0.1, 0.15) is 37.4 Å². The van der Waals surface area contributed by atoms with E-state index in [2.05, 4.69) is 0 Å². The fourth-order valence-electron chi connectivity index (χ4n) is 2.10. The number of nitrogens with two attached hydrogens (primary N) is 1. The second-order valence-electron chi connectivity index (χ2n) is 4.34. The van der Waals surface area contributed by atoms with Crippen molar-refractivity contribution in [3.63, 3.8) is 0 Å². The fourth-order valence-corrected chi connectivity index (χ4v) is 2.10. The summed E-state index contributed by atoms with van der Waals surface area (Å²) in [6.45, 7) is 0.253. The largest absolute Gasteiger partial charge is 0.490 e. The van der Waals surface area contributed by atoms with Crippen LogP contribution in [0.2, 0.25) is 0 Å². The lowest BCUT2D eigenvalue weighted by Gasteiger charge is -2.14. The number of aliphatic hydroxyl groups excluding tert-OH is 1. The van der Waals surface area contributed by atoms with Gasteiger partial charge in [0.05, 0.1) is 12.2 Å². The molecule has 0 aliphatic heterocycles.